The SMILES string of the molecule is CC1(C)OB(c2cccc3cccc(-c4cccc5c4sc4cc6ccccc6cc45)c23)OC1(C)C. The third-order valence-electron chi connectivity index (χ3n) is 8.10. The maximum absolute atomic E-state index is 6.51. The van der Waals surface area contributed by atoms with E-state index in [2.05, 4.69) is 119 Å². The van der Waals surface area contributed by atoms with E-state index in [1.807, 2.05) is 11.3 Å². The summed E-state index contributed by atoms with van der Waals surface area (Å²) in [6.07, 6.45) is 0. The van der Waals surface area contributed by atoms with Crippen LogP contribution in [0.3, 0.4) is 0 Å². The van der Waals surface area contributed by atoms with E-state index in [1.54, 1.807) is 0 Å². The molecule has 0 radical (unpaired) electrons. The first-order chi connectivity index (χ1) is 17.3. The molecule has 0 atom stereocenters. The monoisotopic (exact) mass is 486 g/mol. The molecule has 1 fully saturated rings. The van der Waals surface area contributed by atoms with Gasteiger partial charge in [0.1, 0.15) is 0 Å². The van der Waals surface area contributed by atoms with E-state index in [0.29, 0.717) is 0 Å². The van der Waals surface area contributed by atoms with Gasteiger partial charge >= 0.3 is 7.12 Å². The fraction of sp³-hybridized carbons (Fsp3) is 0.188. The minimum Gasteiger partial charge on any atom is -0.399 e. The van der Waals surface area contributed by atoms with Crippen molar-refractivity contribution < 1.29 is 9.31 Å². The smallest absolute Gasteiger partial charge is 0.399 e. The van der Waals surface area contributed by atoms with E-state index in [9.17, 15) is 0 Å². The zero-order chi connectivity index (χ0) is 24.7. The molecule has 0 unspecified atom stereocenters. The van der Waals surface area contributed by atoms with Gasteiger partial charge in [0.2, 0.25) is 0 Å². The Balaban J connectivity index is 1.49. The molecule has 4 heteroatoms. The average molecular weight is 486 g/mol. The lowest BCUT2D eigenvalue weighted by Crippen LogP contribution is -2.41. The third kappa shape index (κ3) is 3.18. The van der Waals surface area contributed by atoms with Crippen LogP contribution in [0.1, 0.15) is 27.7 Å². The van der Waals surface area contributed by atoms with Crippen LogP contribution in [0.2, 0.25) is 0 Å². The van der Waals surface area contributed by atoms with Crippen LogP contribution in [0, 0.1) is 0 Å². The molecular formula is C32H27BO2S. The van der Waals surface area contributed by atoms with E-state index in [1.165, 1.54) is 52.8 Å². The Kier molecular flexibility index (Phi) is 4.69. The van der Waals surface area contributed by atoms with Crippen LogP contribution in [0.5, 0.6) is 0 Å². The number of hydrogen-bond donors (Lipinski definition) is 0. The Morgan fingerprint density at radius 2 is 1.22 bits per heavy atom. The van der Waals surface area contributed by atoms with Gasteiger partial charge in [0.15, 0.2) is 0 Å². The number of hydrogen-bond acceptors (Lipinski definition) is 3. The summed E-state index contributed by atoms with van der Waals surface area (Å²) in [4.78, 5) is 0. The van der Waals surface area contributed by atoms with Gasteiger partial charge in [-0.25, -0.2) is 0 Å². The first-order valence-electron chi connectivity index (χ1n) is 12.5. The molecule has 1 saturated heterocycles. The molecule has 0 saturated carbocycles. The normalized spacial score (nSPS) is 17.1. The quantitative estimate of drug-likeness (QED) is 0.229. The summed E-state index contributed by atoms with van der Waals surface area (Å²) >= 11 is 1.88. The molecule has 1 aliphatic heterocycles. The van der Waals surface area contributed by atoms with Crippen molar-refractivity contribution in [2.45, 2.75) is 38.9 Å². The van der Waals surface area contributed by atoms with Crippen molar-refractivity contribution in [1.29, 1.82) is 0 Å². The molecule has 36 heavy (non-hydrogen) atoms. The van der Waals surface area contributed by atoms with Crippen LogP contribution in [0.15, 0.2) is 91.0 Å². The Morgan fingerprint density at radius 1 is 0.611 bits per heavy atom. The van der Waals surface area contributed by atoms with Gasteiger partial charge in [0, 0.05) is 25.7 Å². The summed E-state index contributed by atoms with van der Waals surface area (Å²) in [6, 6.07) is 33.0. The molecular weight excluding hydrogens is 459 g/mol. The molecule has 6 aromatic rings. The van der Waals surface area contributed by atoms with Gasteiger partial charge < -0.3 is 9.31 Å². The zero-order valence-corrected chi connectivity index (χ0v) is 21.8. The lowest BCUT2D eigenvalue weighted by Gasteiger charge is -2.32. The average Bonchev–Trinajstić information content (AvgIpc) is 3.33. The molecule has 2 nitrogen and oxygen atoms in total. The fourth-order valence-corrected chi connectivity index (χ4v) is 6.72. The minimum absolute atomic E-state index is 0.387. The van der Waals surface area contributed by atoms with Gasteiger partial charge in [0.25, 0.3) is 0 Å². The van der Waals surface area contributed by atoms with Gasteiger partial charge in [0.05, 0.1) is 11.2 Å². The lowest BCUT2D eigenvalue weighted by atomic mass is 9.74. The molecule has 0 amide bonds. The standard InChI is InChI=1S/C32H27BO2S/c1-31(2)32(3,4)35-33(34-31)27-17-8-13-20-12-7-14-23(29(20)27)24-15-9-16-25-26-18-21-10-5-6-11-22(21)19-28(26)36-30(24)25/h5-19H,1-4H3. The Hall–Kier alpha value is -3.18. The highest BCUT2D eigenvalue weighted by atomic mass is 32.1. The van der Waals surface area contributed by atoms with E-state index in [0.717, 1.165) is 5.46 Å². The summed E-state index contributed by atoms with van der Waals surface area (Å²) in [5.74, 6) is 0. The topological polar surface area (TPSA) is 18.5 Å². The number of benzene rings is 5. The van der Waals surface area contributed by atoms with E-state index in [4.69, 9.17) is 9.31 Å². The van der Waals surface area contributed by atoms with Crippen molar-refractivity contribution in [3.63, 3.8) is 0 Å². The van der Waals surface area contributed by atoms with Crippen LogP contribution in [-0.2, 0) is 9.31 Å². The fourth-order valence-electron chi connectivity index (χ4n) is 5.46. The molecule has 7 rings (SSSR count). The van der Waals surface area contributed by atoms with E-state index >= 15 is 0 Å². The minimum atomic E-state index is -0.410. The molecule has 0 N–H and O–H groups in total. The van der Waals surface area contributed by atoms with Crippen molar-refractivity contribution in [1.82, 2.24) is 0 Å². The van der Waals surface area contributed by atoms with Crippen LogP contribution in [0.25, 0.3) is 52.8 Å². The summed E-state index contributed by atoms with van der Waals surface area (Å²) < 4.78 is 15.7. The van der Waals surface area contributed by atoms with Crippen molar-refractivity contribution >= 4 is 65.6 Å². The predicted molar refractivity (Wildman–Crippen MR) is 155 cm³/mol. The highest BCUT2D eigenvalue weighted by Gasteiger charge is 2.52. The van der Waals surface area contributed by atoms with Gasteiger partial charge in [-0.2, -0.15) is 0 Å². The largest absolute Gasteiger partial charge is 0.495 e. The Bertz CT molecular complexity index is 1790. The molecule has 176 valence electrons. The number of rotatable bonds is 2. The van der Waals surface area contributed by atoms with Crippen molar-refractivity contribution in [2.75, 3.05) is 0 Å². The molecule has 0 bridgehead atoms. The highest BCUT2D eigenvalue weighted by Crippen LogP contribution is 2.43. The van der Waals surface area contributed by atoms with Gasteiger partial charge in [-0.15, -0.1) is 11.3 Å². The number of fused-ring (bicyclic) bond motifs is 5. The third-order valence-corrected chi connectivity index (χ3v) is 9.30. The molecule has 5 aromatic carbocycles. The van der Waals surface area contributed by atoms with Crippen LogP contribution in [-0.4, -0.2) is 18.3 Å². The van der Waals surface area contributed by atoms with Gasteiger partial charge in [-0.3, -0.25) is 0 Å². The molecule has 0 aliphatic carbocycles. The van der Waals surface area contributed by atoms with Crippen molar-refractivity contribution in [3.05, 3.63) is 91.0 Å². The second-order valence-corrected chi connectivity index (χ2v) is 11.9. The molecule has 1 aromatic heterocycles. The van der Waals surface area contributed by atoms with Gasteiger partial charge in [-0.05, 0) is 72.4 Å². The predicted octanol–water partition coefficient (Wildman–Crippen LogP) is 8.33. The number of thiophene rings is 1. The summed E-state index contributed by atoms with van der Waals surface area (Å²) in [5.41, 5.74) is 2.79. The summed E-state index contributed by atoms with van der Waals surface area (Å²) in [5, 5.41) is 7.59. The summed E-state index contributed by atoms with van der Waals surface area (Å²) in [6.45, 7) is 8.45. The lowest BCUT2D eigenvalue weighted by molar-refractivity contribution is 0.00578. The Morgan fingerprint density at radius 3 is 1.97 bits per heavy atom. The maximum Gasteiger partial charge on any atom is 0.495 e. The summed E-state index contributed by atoms with van der Waals surface area (Å²) in [7, 11) is -0.410. The molecule has 0 spiro atoms. The molecule has 2 heterocycles. The van der Waals surface area contributed by atoms with E-state index in [-0.39, 0.29) is 11.2 Å². The zero-order valence-electron chi connectivity index (χ0n) is 21.0. The highest BCUT2D eigenvalue weighted by molar-refractivity contribution is 7.26. The van der Waals surface area contributed by atoms with Crippen LogP contribution >= 0.6 is 11.3 Å². The second kappa shape index (κ2) is 7.66. The van der Waals surface area contributed by atoms with Crippen molar-refractivity contribution in [3.8, 4) is 11.1 Å². The van der Waals surface area contributed by atoms with E-state index < -0.39 is 7.12 Å². The van der Waals surface area contributed by atoms with Crippen molar-refractivity contribution in [2.24, 2.45) is 0 Å². The molecule has 1 aliphatic rings. The first kappa shape index (κ1) is 22.1. The first-order valence-corrected chi connectivity index (χ1v) is 13.4. The van der Waals surface area contributed by atoms with Crippen LogP contribution < -0.4 is 5.46 Å². The second-order valence-electron chi connectivity index (χ2n) is 10.8. The Labute approximate surface area is 215 Å². The van der Waals surface area contributed by atoms with Gasteiger partial charge in [-0.1, -0.05) is 78.9 Å². The maximum atomic E-state index is 6.51. The van der Waals surface area contributed by atoms with Crippen LogP contribution in [0.4, 0.5) is 0 Å².